The first-order valence-electron chi connectivity index (χ1n) is 10.5. The maximum atomic E-state index is 13.1. The molecule has 1 aliphatic carbocycles. The third-order valence-electron chi connectivity index (χ3n) is 5.77. The largest absolute Gasteiger partial charge is 0.466 e. The smallest absolute Gasteiger partial charge is 0.309 e. The Bertz CT molecular complexity index is 983. The van der Waals surface area contributed by atoms with Crippen LogP contribution in [0.4, 0.5) is 9.52 Å². The molecule has 0 bridgehead atoms. The number of fused-ring (bicyclic) bond motifs is 1. The number of esters is 1. The zero-order chi connectivity index (χ0) is 22.0. The summed E-state index contributed by atoms with van der Waals surface area (Å²) in [5.41, 5.74) is 1.07. The van der Waals surface area contributed by atoms with Crippen molar-refractivity contribution in [3.63, 3.8) is 0 Å². The number of nitrogens with zero attached hydrogens (tertiary/aromatic N) is 2. The van der Waals surface area contributed by atoms with E-state index in [0.29, 0.717) is 49.7 Å². The molecule has 1 aromatic carbocycles. The van der Waals surface area contributed by atoms with Gasteiger partial charge in [0, 0.05) is 23.5 Å². The second-order valence-electron chi connectivity index (χ2n) is 7.73. The maximum Gasteiger partial charge on any atom is 0.309 e. The lowest BCUT2D eigenvalue weighted by atomic mass is 9.95. The number of anilines is 1. The molecule has 0 radical (unpaired) electrons. The van der Waals surface area contributed by atoms with Gasteiger partial charge in [0.25, 0.3) is 5.91 Å². The Balaban J connectivity index is 1.38. The minimum absolute atomic E-state index is 0.0303. The van der Waals surface area contributed by atoms with Gasteiger partial charge in [-0.3, -0.25) is 19.7 Å². The Kier molecular flexibility index (Phi) is 6.31. The SMILES string of the molecule is CCOC(=O)C1CCN(C(=O)C2CCc3sc(NC(=O)c4ccc(F)cc4)nc32)CC1. The van der Waals surface area contributed by atoms with Crippen molar-refractivity contribution in [2.24, 2.45) is 5.92 Å². The van der Waals surface area contributed by atoms with E-state index in [1.165, 1.54) is 35.6 Å². The molecule has 9 heteroatoms. The molecule has 2 heterocycles. The van der Waals surface area contributed by atoms with Crippen molar-refractivity contribution in [2.45, 2.75) is 38.5 Å². The van der Waals surface area contributed by atoms with Crippen LogP contribution in [0.3, 0.4) is 0 Å². The van der Waals surface area contributed by atoms with Gasteiger partial charge in [-0.15, -0.1) is 11.3 Å². The summed E-state index contributed by atoms with van der Waals surface area (Å²) in [4.78, 5) is 44.7. The van der Waals surface area contributed by atoms with Crippen LogP contribution in [0.15, 0.2) is 24.3 Å². The molecule has 0 spiro atoms. The van der Waals surface area contributed by atoms with Crippen LogP contribution in [0.5, 0.6) is 0 Å². The molecule has 1 N–H and O–H groups in total. The van der Waals surface area contributed by atoms with E-state index in [1.807, 2.05) is 4.90 Å². The number of hydrogen-bond donors (Lipinski definition) is 1. The van der Waals surface area contributed by atoms with Gasteiger partial charge in [0.05, 0.1) is 24.1 Å². The molecule has 1 unspecified atom stereocenters. The van der Waals surface area contributed by atoms with E-state index in [1.54, 1.807) is 6.92 Å². The molecule has 2 amide bonds. The Morgan fingerprint density at radius 2 is 1.90 bits per heavy atom. The minimum Gasteiger partial charge on any atom is -0.466 e. The summed E-state index contributed by atoms with van der Waals surface area (Å²) >= 11 is 1.38. The number of likely N-dealkylation sites (tertiary alicyclic amines) is 1. The second kappa shape index (κ2) is 9.13. The predicted molar refractivity (Wildman–Crippen MR) is 113 cm³/mol. The zero-order valence-electron chi connectivity index (χ0n) is 17.2. The van der Waals surface area contributed by atoms with Gasteiger partial charge in [-0.05, 0) is 56.9 Å². The Morgan fingerprint density at radius 1 is 1.19 bits per heavy atom. The highest BCUT2D eigenvalue weighted by atomic mass is 32.1. The van der Waals surface area contributed by atoms with E-state index in [-0.39, 0.29) is 29.6 Å². The summed E-state index contributed by atoms with van der Waals surface area (Å²) in [6.45, 7) is 3.23. The molecule has 1 atom stereocenters. The van der Waals surface area contributed by atoms with Gasteiger partial charge in [-0.25, -0.2) is 9.37 Å². The Morgan fingerprint density at radius 3 is 2.58 bits per heavy atom. The van der Waals surface area contributed by atoms with E-state index in [0.717, 1.165) is 17.0 Å². The van der Waals surface area contributed by atoms with Crippen LogP contribution < -0.4 is 5.32 Å². The molecule has 4 rings (SSSR count). The number of amides is 2. The van der Waals surface area contributed by atoms with Crippen molar-refractivity contribution in [3.8, 4) is 0 Å². The van der Waals surface area contributed by atoms with Crippen molar-refractivity contribution < 1.29 is 23.5 Å². The summed E-state index contributed by atoms with van der Waals surface area (Å²) in [6, 6.07) is 5.30. The number of hydrogen-bond acceptors (Lipinski definition) is 6. The molecule has 2 aromatic rings. The molecule has 31 heavy (non-hydrogen) atoms. The van der Waals surface area contributed by atoms with Gasteiger partial charge in [-0.2, -0.15) is 0 Å². The van der Waals surface area contributed by atoms with Crippen molar-refractivity contribution in [1.82, 2.24) is 9.88 Å². The first-order chi connectivity index (χ1) is 15.0. The first-order valence-corrected chi connectivity index (χ1v) is 11.3. The number of thiazole rings is 1. The van der Waals surface area contributed by atoms with Crippen LogP contribution in [0.25, 0.3) is 0 Å². The molecule has 2 aliphatic rings. The standard InChI is InChI=1S/C22H24FN3O4S/c1-2-30-21(29)14-9-11-26(12-10-14)20(28)16-7-8-17-18(16)24-22(31-17)25-19(27)13-3-5-15(23)6-4-13/h3-6,14,16H,2,7-12H2,1H3,(H,24,25,27). The summed E-state index contributed by atoms with van der Waals surface area (Å²) in [6.07, 6.45) is 2.67. The maximum absolute atomic E-state index is 13.1. The molecule has 1 fully saturated rings. The Labute approximate surface area is 183 Å². The average Bonchev–Trinajstić information content (AvgIpc) is 3.34. The highest BCUT2D eigenvalue weighted by Crippen LogP contribution is 2.40. The molecule has 1 aromatic heterocycles. The molecule has 1 aliphatic heterocycles. The van der Waals surface area contributed by atoms with Gasteiger partial charge in [-0.1, -0.05) is 0 Å². The fraction of sp³-hybridized carbons (Fsp3) is 0.455. The molecule has 1 saturated heterocycles. The third-order valence-corrected chi connectivity index (χ3v) is 6.82. The number of aromatic nitrogens is 1. The monoisotopic (exact) mass is 445 g/mol. The summed E-state index contributed by atoms with van der Waals surface area (Å²) in [7, 11) is 0. The van der Waals surface area contributed by atoms with E-state index in [9.17, 15) is 18.8 Å². The lowest BCUT2D eigenvalue weighted by Crippen LogP contribution is -2.42. The van der Waals surface area contributed by atoms with Crippen molar-refractivity contribution in [3.05, 3.63) is 46.2 Å². The van der Waals surface area contributed by atoms with Gasteiger partial charge in [0.15, 0.2) is 5.13 Å². The third kappa shape index (κ3) is 4.61. The number of halogens is 1. The number of ether oxygens (including phenoxy) is 1. The van der Waals surface area contributed by atoms with Crippen LogP contribution in [0, 0.1) is 11.7 Å². The topological polar surface area (TPSA) is 88.6 Å². The van der Waals surface area contributed by atoms with Gasteiger partial charge < -0.3 is 9.64 Å². The lowest BCUT2D eigenvalue weighted by Gasteiger charge is -2.32. The van der Waals surface area contributed by atoms with Crippen molar-refractivity contribution in [1.29, 1.82) is 0 Å². The first kappa shape index (κ1) is 21.4. The number of carbonyl (C=O) groups excluding carboxylic acids is 3. The highest BCUT2D eigenvalue weighted by Gasteiger charge is 2.37. The minimum atomic E-state index is -0.405. The van der Waals surface area contributed by atoms with Crippen LogP contribution in [0.1, 0.15) is 53.0 Å². The molecular formula is C22H24FN3O4S. The zero-order valence-corrected chi connectivity index (χ0v) is 18.0. The average molecular weight is 446 g/mol. The molecule has 164 valence electrons. The number of nitrogens with one attached hydrogen (secondary N) is 1. The summed E-state index contributed by atoms with van der Waals surface area (Å²) in [5, 5.41) is 3.19. The normalized spacial score (nSPS) is 18.5. The van der Waals surface area contributed by atoms with E-state index < -0.39 is 5.82 Å². The second-order valence-corrected chi connectivity index (χ2v) is 8.81. The highest BCUT2D eigenvalue weighted by molar-refractivity contribution is 7.16. The molecule has 7 nitrogen and oxygen atoms in total. The fourth-order valence-electron chi connectivity index (χ4n) is 4.11. The van der Waals surface area contributed by atoms with Gasteiger partial charge in [0.2, 0.25) is 5.91 Å². The summed E-state index contributed by atoms with van der Waals surface area (Å²) in [5.74, 6) is -1.38. The quantitative estimate of drug-likeness (QED) is 0.713. The van der Waals surface area contributed by atoms with Gasteiger partial charge >= 0.3 is 5.97 Å². The fourth-order valence-corrected chi connectivity index (χ4v) is 5.14. The van der Waals surface area contributed by atoms with Crippen LogP contribution in [0.2, 0.25) is 0 Å². The van der Waals surface area contributed by atoms with Crippen molar-refractivity contribution >= 4 is 34.3 Å². The van der Waals surface area contributed by atoms with Crippen LogP contribution in [-0.4, -0.2) is 47.4 Å². The lowest BCUT2D eigenvalue weighted by molar-refractivity contribution is -0.151. The summed E-state index contributed by atoms with van der Waals surface area (Å²) < 4.78 is 18.1. The van der Waals surface area contributed by atoms with Crippen LogP contribution >= 0.6 is 11.3 Å². The number of aryl methyl sites for hydroxylation is 1. The number of carbonyl (C=O) groups is 3. The van der Waals surface area contributed by atoms with E-state index in [2.05, 4.69) is 10.3 Å². The van der Waals surface area contributed by atoms with Gasteiger partial charge in [0.1, 0.15) is 5.82 Å². The molecular weight excluding hydrogens is 421 g/mol. The van der Waals surface area contributed by atoms with E-state index in [4.69, 9.17) is 4.74 Å². The predicted octanol–water partition coefficient (Wildman–Crippen LogP) is 3.37. The number of piperidine rings is 1. The number of benzene rings is 1. The van der Waals surface area contributed by atoms with Crippen LogP contribution in [-0.2, 0) is 20.7 Å². The Hall–Kier alpha value is -2.81. The van der Waals surface area contributed by atoms with Crippen molar-refractivity contribution in [2.75, 3.05) is 25.0 Å². The number of rotatable bonds is 5. The van der Waals surface area contributed by atoms with E-state index >= 15 is 0 Å². The molecule has 0 saturated carbocycles.